The number of pyridine rings is 1. The second-order valence-electron chi connectivity index (χ2n) is 4.38. The molecule has 0 N–H and O–H groups in total. The molecule has 0 atom stereocenters. The lowest BCUT2D eigenvalue weighted by Gasteiger charge is -2.23. The molecule has 4 heteroatoms. The third-order valence-electron chi connectivity index (χ3n) is 2.97. The van der Waals surface area contributed by atoms with Crippen LogP contribution in [-0.2, 0) is 4.74 Å². The number of methoxy groups -OCH3 is 1. The Hall–Kier alpha value is -1.42. The van der Waals surface area contributed by atoms with Crippen molar-refractivity contribution in [3.05, 3.63) is 23.9 Å². The highest BCUT2D eigenvalue weighted by molar-refractivity contribution is 5.93. The zero-order valence-electron chi connectivity index (χ0n) is 10.3. The van der Waals surface area contributed by atoms with Gasteiger partial charge in [-0.15, -0.1) is 0 Å². The van der Waals surface area contributed by atoms with Crippen molar-refractivity contribution in [3.63, 3.8) is 0 Å². The first-order valence-corrected chi connectivity index (χ1v) is 5.95. The number of ketones is 1. The molecule has 1 heterocycles. The standard InChI is InChI=1S/C13H18N2O2/c1-10(16)11-3-6-13(14-9-11)15(7-8-17-2)12-4-5-12/h3,6,9,12H,4-5,7-8H2,1-2H3. The summed E-state index contributed by atoms with van der Waals surface area (Å²) in [6.07, 6.45) is 4.10. The molecule has 0 spiro atoms. The summed E-state index contributed by atoms with van der Waals surface area (Å²) in [5, 5.41) is 0. The van der Waals surface area contributed by atoms with Gasteiger partial charge in [0.25, 0.3) is 0 Å². The highest BCUT2D eigenvalue weighted by atomic mass is 16.5. The quantitative estimate of drug-likeness (QED) is 0.705. The molecular weight excluding hydrogens is 216 g/mol. The van der Waals surface area contributed by atoms with E-state index in [1.165, 1.54) is 12.8 Å². The van der Waals surface area contributed by atoms with E-state index in [1.807, 2.05) is 12.1 Å². The zero-order valence-corrected chi connectivity index (χ0v) is 10.3. The minimum absolute atomic E-state index is 0.0545. The molecule has 17 heavy (non-hydrogen) atoms. The van der Waals surface area contributed by atoms with E-state index in [0.717, 1.165) is 12.4 Å². The van der Waals surface area contributed by atoms with Crippen LogP contribution in [0.15, 0.2) is 18.3 Å². The van der Waals surface area contributed by atoms with Crippen LogP contribution in [0.5, 0.6) is 0 Å². The maximum atomic E-state index is 11.2. The van der Waals surface area contributed by atoms with Gasteiger partial charge in [0.2, 0.25) is 0 Å². The predicted molar refractivity (Wildman–Crippen MR) is 66.5 cm³/mol. The Kier molecular flexibility index (Phi) is 3.74. The molecule has 1 aromatic heterocycles. The lowest BCUT2D eigenvalue weighted by atomic mass is 10.2. The number of hydrogen-bond acceptors (Lipinski definition) is 4. The van der Waals surface area contributed by atoms with E-state index >= 15 is 0 Å². The number of ether oxygens (including phenoxy) is 1. The van der Waals surface area contributed by atoms with Crippen molar-refractivity contribution in [2.75, 3.05) is 25.2 Å². The van der Waals surface area contributed by atoms with Gasteiger partial charge in [0.05, 0.1) is 6.61 Å². The Morgan fingerprint density at radius 3 is 2.76 bits per heavy atom. The molecule has 0 radical (unpaired) electrons. The van der Waals surface area contributed by atoms with Gasteiger partial charge in [-0.25, -0.2) is 4.98 Å². The summed E-state index contributed by atoms with van der Waals surface area (Å²) in [6.45, 7) is 3.11. The molecule has 2 rings (SSSR count). The number of rotatable bonds is 6. The van der Waals surface area contributed by atoms with E-state index in [9.17, 15) is 4.79 Å². The molecule has 1 saturated carbocycles. The minimum Gasteiger partial charge on any atom is -0.383 e. The summed E-state index contributed by atoms with van der Waals surface area (Å²) >= 11 is 0. The molecule has 4 nitrogen and oxygen atoms in total. The van der Waals surface area contributed by atoms with Crippen molar-refractivity contribution in [1.29, 1.82) is 0 Å². The molecule has 92 valence electrons. The van der Waals surface area contributed by atoms with Crippen LogP contribution in [0.1, 0.15) is 30.1 Å². The SMILES string of the molecule is COCCN(c1ccc(C(C)=O)cn1)C1CC1. The summed E-state index contributed by atoms with van der Waals surface area (Å²) in [6, 6.07) is 4.36. The minimum atomic E-state index is 0.0545. The van der Waals surface area contributed by atoms with Crippen LogP contribution in [0, 0.1) is 0 Å². The molecule has 1 aliphatic carbocycles. The highest BCUT2D eigenvalue weighted by Gasteiger charge is 2.29. The van der Waals surface area contributed by atoms with Crippen molar-refractivity contribution in [2.24, 2.45) is 0 Å². The van der Waals surface area contributed by atoms with Crippen molar-refractivity contribution >= 4 is 11.6 Å². The van der Waals surface area contributed by atoms with Gasteiger partial charge in [-0.1, -0.05) is 0 Å². The van der Waals surface area contributed by atoms with Gasteiger partial charge in [-0.05, 0) is 31.9 Å². The van der Waals surface area contributed by atoms with E-state index in [0.29, 0.717) is 18.2 Å². The highest BCUT2D eigenvalue weighted by Crippen LogP contribution is 2.30. The predicted octanol–water partition coefficient (Wildman–Crippen LogP) is 1.90. The fourth-order valence-corrected chi connectivity index (χ4v) is 1.82. The summed E-state index contributed by atoms with van der Waals surface area (Å²) in [4.78, 5) is 17.8. The molecule has 0 amide bonds. The van der Waals surface area contributed by atoms with E-state index in [-0.39, 0.29) is 5.78 Å². The number of carbonyl (C=O) groups excluding carboxylic acids is 1. The smallest absolute Gasteiger partial charge is 0.161 e. The molecule has 0 aliphatic heterocycles. The van der Waals surface area contributed by atoms with Crippen molar-refractivity contribution in [2.45, 2.75) is 25.8 Å². The molecule has 1 aliphatic rings. The second kappa shape index (κ2) is 5.27. The van der Waals surface area contributed by atoms with Crippen LogP contribution >= 0.6 is 0 Å². The van der Waals surface area contributed by atoms with Crippen LogP contribution in [0.25, 0.3) is 0 Å². The maximum Gasteiger partial charge on any atom is 0.161 e. The molecule has 0 unspecified atom stereocenters. The first-order valence-electron chi connectivity index (χ1n) is 5.95. The third kappa shape index (κ3) is 3.03. The lowest BCUT2D eigenvalue weighted by Crippen LogP contribution is -2.30. The van der Waals surface area contributed by atoms with Crippen LogP contribution in [0.3, 0.4) is 0 Å². The van der Waals surface area contributed by atoms with E-state index in [1.54, 1.807) is 20.2 Å². The lowest BCUT2D eigenvalue weighted by molar-refractivity contribution is 0.101. The number of Topliss-reactive ketones (excluding diaryl/α,β-unsaturated/α-hetero) is 1. The normalized spacial score (nSPS) is 14.7. The third-order valence-corrected chi connectivity index (χ3v) is 2.97. The Balaban J connectivity index is 2.09. The average molecular weight is 234 g/mol. The van der Waals surface area contributed by atoms with Gasteiger partial charge in [0, 0.05) is 31.5 Å². The van der Waals surface area contributed by atoms with Gasteiger partial charge in [-0.2, -0.15) is 0 Å². The Bertz CT molecular complexity index is 385. The number of nitrogens with zero attached hydrogens (tertiary/aromatic N) is 2. The van der Waals surface area contributed by atoms with Crippen LogP contribution < -0.4 is 4.90 Å². The van der Waals surface area contributed by atoms with E-state index < -0.39 is 0 Å². The van der Waals surface area contributed by atoms with Gasteiger partial charge in [0.1, 0.15) is 5.82 Å². The average Bonchev–Trinajstić information content (AvgIpc) is 3.14. The summed E-state index contributed by atoms with van der Waals surface area (Å²) in [5.74, 6) is 0.994. The van der Waals surface area contributed by atoms with Crippen LogP contribution in [0.4, 0.5) is 5.82 Å². The Morgan fingerprint density at radius 2 is 2.29 bits per heavy atom. The number of anilines is 1. The summed E-state index contributed by atoms with van der Waals surface area (Å²) < 4.78 is 5.11. The fraction of sp³-hybridized carbons (Fsp3) is 0.538. The Labute approximate surface area is 102 Å². The zero-order chi connectivity index (χ0) is 12.3. The molecule has 0 saturated heterocycles. The van der Waals surface area contributed by atoms with E-state index in [2.05, 4.69) is 9.88 Å². The van der Waals surface area contributed by atoms with Crippen molar-refractivity contribution in [1.82, 2.24) is 4.98 Å². The number of carbonyl (C=O) groups is 1. The van der Waals surface area contributed by atoms with Gasteiger partial charge in [-0.3, -0.25) is 4.79 Å². The van der Waals surface area contributed by atoms with Gasteiger partial charge < -0.3 is 9.64 Å². The maximum absolute atomic E-state index is 11.2. The van der Waals surface area contributed by atoms with Crippen molar-refractivity contribution < 1.29 is 9.53 Å². The van der Waals surface area contributed by atoms with Gasteiger partial charge >= 0.3 is 0 Å². The number of aromatic nitrogens is 1. The second-order valence-corrected chi connectivity index (χ2v) is 4.38. The first-order chi connectivity index (χ1) is 8.22. The largest absolute Gasteiger partial charge is 0.383 e. The van der Waals surface area contributed by atoms with E-state index in [4.69, 9.17) is 4.74 Å². The van der Waals surface area contributed by atoms with Gasteiger partial charge in [0.15, 0.2) is 5.78 Å². The molecule has 0 aromatic carbocycles. The van der Waals surface area contributed by atoms with Crippen LogP contribution in [-0.4, -0.2) is 37.1 Å². The Morgan fingerprint density at radius 1 is 1.53 bits per heavy atom. The number of hydrogen-bond donors (Lipinski definition) is 0. The summed E-state index contributed by atoms with van der Waals surface area (Å²) in [5.41, 5.74) is 0.663. The monoisotopic (exact) mass is 234 g/mol. The summed E-state index contributed by atoms with van der Waals surface area (Å²) in [7, 11) is 1.71. The fourth-order valence-electron chi connectivity index (χ4n) is 1.82. The molecule has 0 bridgehead atoms. The van der Waals surface area contributed by atoms with Crippen LogP contribution in [0.2, 0.25) is 0 Å². The topological polar surface area (TPSA) is 42.4 Å². The first kappa shape index (κ1) is 12.0. The molecular formula is C13H18N2O2. The van der Waals surface area contributed by atoms with Crippen molar-refractivity contribution in [3.8, 4) is 0 Å². The molecule has 1 aromatic rings. The molecule has 1 fully saturated rings.